The normalized spacial score (nSPS) is 19.7. The van der Waals surface area contributed by atoms with Crippen LogP contribution in [0.4, 0.5) is 39.5 Å². The van der Waals surface area contributed by atoms with Crippen LogP contribution in [0.15, 0.2) is 28.5 Å². The Morgan fingerprint density at radius 3 is 2.36 bits per heavy atom. The minimum absolute atomic E-state index is 0.00138. The van der Waals surface area contributed by atoms with E-state index in [1.54, 1.807) is 0 Å². The maximum Gasteiger partial charge on any atom is 0.440 e. The second-order valence-electron chi connectivity index (χ2n) is 8.77. The first-order chi connectivity index (χ1) is 17.9. The molecule has 0 aliphatic heterocycles. The van der Waals surface area contributed by atoms with Gasteiger partial charge in [0.2, 0.25) is 5.91 Å². The number of alkyl halides is 9. The topological polar surface area (TPSA) is 74.0 Å². The number of aryl methyl sites for hydroxylation is 1. The average molecular weight is 612 g/mol. The van der Waals surface area contributed by atoms with Gasteiger partial charge in [0.1, 0.15) is 0 Å². The third kappa shape index (κ3) is 6.00. The number of nitrogens with zero attached hydrogens (tertiary/aromatic N) is 4. The Labute approximate surface area is 223 Å². The molecular formula is C21H16Cl2F9N5O2. The van der Waals surface area contributed by atoms with Gasteiger partial charge in [-0.25, -0.2) is 13.8 Å². The Bertz CT molecular complexity index is 1340. The van der Waals surface area contributed by atoms with E-state index >= 15 is 0 Å². The van der Waals surface area contributed by atoms with E-state index in [1.165, 1.54) is 6.08 Å². The lowest BCUT2D eigenvalue weighted by molar-refractivity contribution is -0.306. The summed E-state index contributed by atoms with van der Waals surface area (Å²) in [5, 5.41) is 9.72. The molecule has 2 aliphatic rings. The molecule has 2 unspecified atom stereocenters. The summed E-state index contributed by atoms with van der Waals surface area (Å²) in [6.45, 7) is 0. The van der Waals surface area contributed by atoms with Crippen LogP contribution < -0.4 is 10.1 Å². The van der Waals surface area contributed by atoms with Crippen molar-refractivity contribution < 1.29 is 49.0 Å². The highest BCUT2D eigenvalue weighted by atomic mass is 35.5. The highest BCUT2D eigenvalue weighted by molar-refractivity contribution is 6.41. The van der Waals surface area contributed by atoms with Gasteiger partial charge in [-0.3, -0.25) is 4.79 Å². The molecule has 2 aromatic rings. The van der Waals surface area contributed by atoms with E-state index in [9.17, 15) is 44.3 Å². The Kier molecular flexibility index (Phi) is 7.42. The number of carbonyl (C=O) groups excluding carboxylic acids is 1. The lowest BCUT2D eigenvalue weighted by atomic mass is 9.90. The number of hydrogen-bond donors (Lipinski definition) is 1. The zero-order valence-corrected chi connectivity index (χ0v) is 20.9. The van der Waals surface area contributed by atoms with E-state index in [2.05, 4.69) is 20.3 Å². The summed E-state index contributed by atoms with van der Waals surface area (Å²) in [7, 11) is 0.852. The lowest BCUT2D eigenvalue weighted by Crippen LogP contribution is -2.46. The summed E-state index contributed by atoms with van der Waals surface area (Å²) >= 11 is 12.4. The summed E-state index contributed by atoms with van der Waals surface area (Å²) in [6.07, 6.45) is -17.2. The molecular weight excluding hydrogens is 596 g/mol. The van der Waals surface area contributed by atoms with Crippen LogP contribution in [-0.2, 0) is 18.0 Å². The largest absolute Gasteiger partial charge is 0.440 e. The van der Waals surface area contributed by atoms with Gasteiger partial charge < -0.3 is 10.1 Å². The van der Waals surface area contributed by atoms with Gasteiger partial charge in [-0.15, -0.1) is 5.10 Å². The minimum atomic E-state index is -6.13. The number of hydrogen-bond acceptors (Lipinski definition) is 4. The maximum atomic E-state index is 13.9. The average Bonchev–Trinajstić information content (AvgIpc) is 3.36. The predicted molar refractivity (Wildman–Crippen MR) is 118 cm³/mol. The van der Waals surface area contributed by atoms with Crippen LogP contribution in [0.25, 0.3) is 11.4 Å². The number of allylic oxidation sites excluding steroid dienone is 3. The van der Waals surface area contributed by atoms with E-state index in [1.807, 2.05) is 0 Å². The van der Waals surface area contributed by atoms with Crippen molar-refractivity contribution >= 4 is 34.7 Å². The van der Waals surface area contributed by atoms with E-state index in [4.69, 9.17) is 23.2 Å². The molecule has 0 aromatic carbocycles. The third-order valence-electron chi connectivity index (χ3n) is 5.75. The van der Waals surface area contributed by atoms with Crippen molar-refractivity contribution in [1.82, 2.24) is 24.9 Å². The van der Waals surface area contributed by atoms with Crippen LogP contribution in [0.3, 0.4) is 0 Å². The predicted octanol–water partition coefficient (Wildman–Crippen LogP) is 5.87. The monoisotopic (exact) mass is 611 g/mol. The van der Waals surface area contributed by atoms with Gasteiger partial charge in [-0.05, 0) is 30.9 Å². The molecule has 0 radical (unpaired) electrons. The first-order valence-corrected chi connectivity index (χ1v) is 11.7. The lowest BCUT2D eigenvalue weighted by Gasteiger charge is -2.22. The zero-order valence-electron chi connectivity index (χ0n) is 19.3. The van der Waals surface area contributed by atoms with E-state index in [0.717, 1.165) is 32.3 Å². The van der Waals surface area contributed by atoms with Crippen molar-refractivity contribution in [3.05, 3.63) is 39.7 Å². The van der Waals surface area contributed by atoms with Crippen LogP contribution in [0.5, 0.6) is 5.88 Å². The number of amides is 1. The highest BCUT2D eigenvalue weighted by Gasteiger charge is 2.60. The number of rotatable bonds is 7. The quantitative estimate of drug-likeness (QED) is 0.398. The summed E-state index contributed by atoms with van der Waals surface area (Å²) in [5.74, 6) is -4.33. The van der Waals surface area contributed by atoms with Gasteiger partial charge in [0, 0.05) is 29.9 Å². The van der Waals surface area contributed by atoms with Crippen LogP contribution in [-0.4, -0.2) is 50.0 Å². The SMILES string of the molecule is Cn1nc(OC(F)(F)C(F)C(F)(F)F)c(C(F)(F)F)c1-n1cc(C2=CC(Cl)=C(Cl)C(C(=O)NC3CC3)C2)cn1. The minimum Gasteiger partial charge on any atom is -0.410 e. The molecule has 0 spiro atoms. The Hall–Kier alpha value is -2.88. The van der Waals surface area contributed by atoms with Crippen molar-refractivity contribution in [1.29, 1.82) is 0 Å². The molecule has 0 bridgehead atoms. The van der Waals surface area contributed by atoms with Crippen molar-refractivity contribution in [2.24, 2.45) is 13.0 Å². The van der Waals surface area contributed by atoms with Gasteiger partial charge in [-0.2, -0.15) is 40.2 Å². The van der Waals surface area contributed by atoms with Crippen LogP contribution in [0, 0.1) is 5.92 Å². The van der Waals surface area contributed by atoms with Crippen LogP contribution >= 0.6 is 23.2 Å². The fourth-order valence-electron chi connectivity index (χ4n) is 3.74. The highest BCUT2D eigenvalue weighted by Crippen LogP contribution is 2.44. The molecule has 2 heterocycles. The number of halogens is 11. The summed E-state index contributed by atoms with van der Waals surface area (Å²) in [5.41, 5.74) is -1.53. The number of nitrogens with one attached hydrogen (secondary N) is 1. The van der Waals surface area contributed by atoms with Gasteiger partial charge >= 0.3 is 18.5 Å². The Morgan fingerprint density at radius 2 is 1.79 bits per heavy atom. The molecule has 1 saturated carbocycles. The molecule has 1 N–H and O–H groups in total. The molecule has 214 valence electrons. The number of aromatic nitrogens is 4. The summed E-state index contributed by atoms with van der Waals surface area (Å²) in [4.78, 5) is 12.6. The zero-order chi connectivity index (χ0) is 29.1. The molecule has 2 aliphatic carbocycles. The summed E-state index contributed by atoms with van der Waals surface area (Å²) < 4.78 is 124. The van der Waals surface area contributed by atoms with Gasteiger partial charge in [0.25, 0.3) is 12.1 Å². The van der Waals surface area contributed by atoms with Crippen LogP contribution in [0.1, 0.15) is 30.4 Å². The smallest absolute Gasteiger partial charge is 0.410 e. The van der Waals surface area contributed by atoms with Crippen molar-refractivity contribution in [2.45, 2.75) is 49.9 Å². The molecule has 39 heavy (non-hydrogen) atoms. The second kappa shape index (κ2) is 9.94. The molecule has 18 heteroatoms. The Balaban J connectivity index is 1.69. The first-order valence-electron chi connectivity index (χ1n) is 10.9. The second-order valence-corrected chi connectivity index (χ2v) is 9.59. The maximum absolute atomic E-state index is 13.9. The third-order valence-corrected chi connectivity index (χ3v) is 6.63. The van der Waals surface area contributed by atoms with Gasteiger partial charge in [0.05, 0.1) is 17.1 Å². The number of ether oxygens (including phenoxy) is 1. The van der Waals surface area contributed by atoms with Crippen molar-refractivity contribution in [2.75, 3.05) is 0 Å². The molecule has 2 atom stereocenters. The van der Waals surface area contributed by atoms with Crippen molar-refractivity contribution in [3.8, 4) is 11.7 Å². The first kappa shape index (κ1) is 29.1. The molecule has 2 aromatic heterocycles. The van der Waals surface area contributed by atoms with E-state index in [0.29, 0.717) is 14.9 Å². The van der Waals surface area contributed by atoms with Gasteiger partial charge in [0.15, 0.2) is 11.4 Å². The molecule has 1 fully saturated rings. The van der Waals surface area contributed by atoms with E-state index < -0.39 is 53.7 Å². The van der Waals surface area contributed by atoms with Crippen LogP contribution in [0.2, 0.25) is 0 Å². The molecule has 1 amide bonds. The molecule has 7 nitrogen and oxygen atoms in total. The number of carbonyl (C=O) groups is 1. The molecule has 4 rings (SSSR count). The fraction of sp³-hybridized carbons (Fsp3) is 0.476. The standard InChI is InChI=1S/C21H16Cl2F9N5O2/c1-36-17(13(19(25,26)27)16(35-36)39-21(31,32)18(24)20(28,29)30)37-7-9(6-33-37)8-4-11(14(23)12(22)5-8)15(38)34-10-2-3-10/h5-7,10-11,18H,2-4H2,1H3,(H,34,38). The van der Waals surface area contributed by atoms with E-state index in [-0.39, 0.29) is 28.1 Å². The molecule has 0 saturated heterocycles. The Morgan fingerprint density at radius 1 is 1.15 bits per heavy atom. The fourth-order valence-corrected chi connectivity index (χ4v) is 4.24. The van der Waals surface area contributed by atoms with Gasteiger partial charge in [-0.1, -0.05) is 23.2 Å². The summed E-state index contributed by atoms with van der Waals surface area (Å²) in [6, 6.07) is 0.0103. The van der Waals surface area contributed by atoms with Crippen molar-refractivity contribution in [3.63, 3.8) is 0 Å².